The molecule has 1 saturated heterocycles. The molecule has 2 aromatic heterocycles. The van der Waals surface area contributed by atoms with Crippen LogP contribution in [0.4, 0.5) is 0 Å². The maximum absolute atomic E-state index is 9.79. The Balaban J connectivity index is 1.94. The average Bonchev–Trinajstić information content (AvgIpc) is 2.84. The fourth-order valence-corrected chi connectivity index (χ4v) is 2.88. The number of hydrogen-bond acceptors (Lipinski definition) is 4. The van der Waals surface area contributed by atoms with Crippen LogP contribution >= 0.6 is 0 Å². The molecule has 0 radical (unpaired) electrons. The normalized spacial score (nSPS) is 21.3. The van der Waals surface area contributed by atoms with Crippen molar-refractivity contribution in [2.24, 2.45) is 0 Å². The Morgan fingerprint density at radius 2 is 2.21 bits per heavy atom. The lowest BCUT2D eigenvalue weighted by Gasteiger charge is -2.34. The van der Waals surface area contributed by atoms with Gasteiger partial charge in [0.15, 0.2) is 5.75 Å². The second kappa shape index (κ2) is 4.81. The lowest BCUT2D eigenvalue weighted by Crippen LogP contribution is -2.39. The summed E-state index contributed by atoms with van der Waals surface area (Å²) >= 11 is 0. The van der Waals surface area contributed by atoms with Crippen molar-refractivity contribution in [2.75, 3.05) is 13.1 Å². The van der Waals surface area contributed by atoms with Crippen molar-refractivity contribution in [3.05, 3.63) is 24.2 Å². The molecule has 1 aliphatic heterocycles. The lowest BCUT2D eigenvalue weighted by molar-refractivity contribution is 0.164. The van der Waals surface area contributed by atoms with Gasteiger partial charge in [0.1, 0.15) is 5.82 Å². The van der Waals surface area contributed by atoms with E-state index in [2.05, 4.69) is 28.9 Å². The quantitative estimate of drug-likeness (QED) is 0.897. The Bertz CT molecular complexity index is 578. The molecule has 5 nitrogen and oxygen atoms in total. The molecule has 1 atom stereocenters. The highest BCUT2D eigenvalue weighted by Crippen LogP contribution is 2.28. The molecule has 1 aliphatic rings. The Morgan fingerprint density at radius 1 is 1.37 bits per heavy atom. The number of aromatic nitrogens is 3. The van der Waals surface area contributed by atoms with Gasteiger partial charge in [-0.1, -0.05) is 0 Å². The molecule has 3 heterocycles. The van der Waals surface area contributed by atoms with Crippen LogP contribution in [0.5, 0.6) is 5.75 Å². The molecule has 1 fully saturated rings. The molecule has 102 valence electrons. The maximum Gasteiger partial charge on any atom is 0.203 e. The zero-order chi connectivity index (χ0) is 13.4. The Hall–Kier alpha value is -1.62. The molecule has 0 bridgehead atoms. The Kier molecular flexibility index (Phi) is 3.14. The van der Waals surface area contributed by atoms with Crippen molar-refractivity contribution in [1.29, 1.82) is 0 Å². The van der Waals surface area contributed by atoms with E-state index >= 15 is 0 Å². The van der Waals surface area contributed by atoms with E-state index in [1.807, 2.05) is 16.7 Å². The van der Waals surface area contributed by atoms with Crippen LogP contribution in [0.25, 0.3) is 5.65 Å². The monoisotopic (exact) mass is 260 g/mol. The highest BCUT2D eigenvalue weighted by molar-refractivity contribution is 5.52. The summed E-state index contributed by atoms with van der Waals surface area (Å²) in [6.45, 7) is 6.65. The van der Waals surface area contributed by atoms with Crippen molar-refractivity contribution < 1.29 is 5.11 Å². The van der Waals surface area contributed by atoms with Crippen molar-refractivity contribution in [1.82, 2.24) is 19.5 Å². The predicted molar refractivity (Wildman–Crippen MR) is 73.3 cm³/mol. The first-order valence-corrected chi connectivity index (χ1v) is 6.93. The van der Waals surface area contributed by atoms with E-state index in [4.69, 9.17) is 0 Å². The van der Waals surface area contributed by atoms with Gasteiger partial charge in [-0.2, -0.15) is 0 Å². The van der Waals surface area contributed by atoms with Crippen molar-refractivity contribution in [3.63, 3.8) is 0 Å². The van der Waals surface area contributed by atoms with Crippen LogP contribution in [-0.2, 0) is 0 Å². The van der Waals surface area contributed by atoms with Gasteiger partial charge in [0.05, 0.1) is 0 Å². The molecular formula is C14H20N4O. The zero-order valence-corrected chi connectivity index (χ0v) is 11.5. The van der Waals surface area contributed by atoms with Gasteiger partial charge in [0, 0.05) is 24.7 Å². The first kappa shape index (κ1) is 12.4. The molecule has 2 aromatic rings. The van der Waals surface area contributed by atoms with Gasteiger partial charge in [-0.15, -0.1) is 10.2 Å². The Morgan fingerprint density at radius 3 is 3.00 bits per heavy atom. The first-order chi connectivity index (χ1) is 9.16. The third-order valence-corrected chi connectivity index (χ3v) is 3.99. The second-order valence-corrected chi connectivity index (χ2v) is 5.57. The molecule has 3 rings (SSSR count). The van der Waals surface area contributed by atoms with Gasteiger partial charge in [0.25, 0.3) is 0 Å². The topological polar surface area (TPSA) is 53.7 Å². The third-order valence-electron chi connectivity index (χ3n) is 3.99. The van der Waals surface area contributed by atoms with Crippen LogP contribution in [0.1, 0.15) is 38.4 Å². The summed E-state index contributed by atoms with van der Waals surface area (Å²) in [7, 11) is 0. The van der Waals surface area contributed by atoms with Crippen LogP contribution in [0.2, 0.25) is 0 Å². The highest BCUT2D eigenvalue weighted by Gasteiger charge is 2.26. The largest absolute Gasteiger partial charge is 0.504 e. The fourth-order valence-electron chi connectivity index (χ4n) is 2.88. The average molecular weight is 260 g/mol. The van der Waals surface area contributed by atoms with Gasteiger partial charge in [-0.05, 0) is 45.4 Å². The molecule has 0 aliphatic carbocycles. The van der Waals surface area contributed by atoms with Crippen molar-refractivity contribution in [2.45, 2.75) is 38.6 Å². The third kappa shape index (κ3) is 2.18. The van der Waals surface area contributed by atoms with E-state index < -0.39 is 0 Å². The van der Waals surface area contributed by atoms with Gasteiger partial charge in [0.2, 0.25) is 5.65 Å². The van der Waals surface area contributed by atoms with Crippen molar-refractivity contribution >= 4 is 5.65 Å². The van der Waals surface area contributed by atoms with E-state index in [0.717, 1.165) is 25.3 Å². The zero-order valence-electron chi connectivity index (χ0n) is 11.5. The number of aromatic hydroxyl groups is 1. The molecule has 0 aromatic carbocycles. The van der Waals surface area contributed by atoms with Gasteiger partial charge < -0.3 is 10.0 Å². The standard InChI is InChI=1S/C14H20N4O/c1-10(2)17-7-3-5-11(9-17)13-15-16-14-12(19)6-4-8-18(13)14/h4,6,8,10-11,19H,3,5,7,9H2,1-2H3. The highest BCUT2D eigenvalue weighted by atomic mass is 16.3. The van der Waals surface area contributed by atoms with Crippen molar-refractivity contribution in [3.8, 4) is 5.75 Å². The summed E-state index contributed by atoms with van der Waals surface area (Å²) in [6, 6.07) is 4.04. The summed E-state index contributed by atoms with van der Waals surface area (Å²) in [6.07, 6.45) is 4.26. The van der Waals surface area contributed by atoms with Crippen LogP contribution in [-0.4, -0.2) is 43.7 Å². The smallest absolute Gasteiger partial charge is 0.203 e. The SMILES string of the molecule is CC(C)N1CCCC(c2nnc3c(O)cccn23)C1. The number of nitrogens with zero attached hydrogens (tertiary/aromatic N) is 4. The Labute approximate surface area is 112 Å². The van der Waals surface area contributed by atoms with E-state index in [9.17, 15) is 5.11 Å². The fraction of sp³-hybridized carbons (Fsp3) is 0.571. The van der Waals surface area contributed by atoms with Crippen LogP contribution < -0.4 is 0 Å². The first-order valence-electron chi connectivity index (χ1n) is 6.93. The number of rotatable bonds is 2. The number of pyridine rings is 1. The summed E-state index contributed by atoms with van der Waals surface area (Å²) < 4.78 is 1.92. The van der Waals surface area contributed by atoms with Gasteiger partial charge in [-0.3, -0.25) is 4.40 Å². The molecule has 0 amide bonds. The minimum Gasteiger partial charge on any atom is -0.504 e. The van der Waals surface area contributed by atoms with E-state index in [0.29, 0.717) is 17.6 Å². The van der Waals surface area contributed by atoms with E-state index in [1.54, 1.807) is 6.07 Å². The molecular weight excluding hydrogens is 240 g/mol. The molecule has 5 heteroatoms. The number of hydrogen-bond donors (Lipinski definition) is 1. The summed E-state index contributed by atoms with van der Waals surface area (Å²) in [5, 5.41) is 18.2. The maximum atomic E-state index is 9.79. The van der Waals surface area contributed by atoms with Gasteiger partial charge in [-0.25, -0.2) is 0 Å². The number of piperidine rings is 1. The predicted octanol–water partition coefficient (Wildman–Crippen LogP) is 2.02. The second-order valence-electron chi connectivity index (χ2n) is 5.57. The van der Waals surface area contributed by atoms with E-state index in [-0.39, 0.29) is 5.75 Å². The van der Waals surface area contributed by atoms with Gasteiger partial charge >= 0.3 is 0 Å². The summed E-state index contributed by atoms with van der Waals surface area (Å²) in [5.74, 6) is 1.56. The number of fused-ring (bicyclic) bond motifs is 1. The lowest BCUT2D eigenvalue weighted by atomic mass is 9.96. The number of likely N-dealkylation sites (tertiary alicyclic amines) is 1. The van der Waals surface area contributed by atoms with Crippen LogP contribution in [0.15, 0.2) is 18.3 Å². The molecule has 19 heavy (non-hydrogen) atoms. The summed E-state index contributed by atoms with van der Waals surface area (Å²) in [5.41, 5.74) is 0.555. The minimum absolute atomic E-state index is 0.192. The summed E-state index contributed by atoms with van der Waals surface area (Å²) in [4.78, 5) is 2.48. The molecule has 0 saturated carbocycles. The van der Waals surface area contributed by atoms with E-state index in [1.165, 1.54) is 6.42 Å². The molecule has 1 unspecified atom stereocenters. The van der Waals surface area contributed by atoms with Crippen LogP contribution in [0.3, 0.4) is 0 Å². The molecule has 0 spiro atoms. The molecule has 1 N–H and O–H groups in total. The minimum atomic E-state index is 0.192. The van der Waals surface area contributed by atoms with Crippen LogP contribution in [0, 0.1) is 0 Å².